The van der Waals surface area contributed by atoms with Crippen molar-refractivity contribution in [3.05, 3.63) is 11.4 Å². The van der Waals surface area contributed by atoms with E-state index in [-0.39, 0.29) is 39.7 Å². The molecule has 0 saturated carbocycles. The van der Waals surface area contributed by atoms with Gasteiger partial charge in [0.15, 0.2) is 0 Å². The van der Waals surface area contributed by atoms with Gasteiger partial charge in [0.1, 0.15) is 5.60 Å². The Kier molecular flexibility index (Phi) is 28.0. The van der Waals surface area contributed by atoms with E-state index in [0.717, 1.165) is 0 Å². The Bertz CT molecular complexity index is 553. The fourth-order valence-corrected chi connectivity index (χ4v) is 0.255. The van der Waals surface area contributed by atoms with Gasteiger partial charge < -0.3 is 36.9 Å². The topological polar surface area (TPSA) is 254 Å². The number of hydrogen-bond acceptors (Lipinski definition) is 13. The van der Waals surface area contributed by atoms with Gasteiger partial charge in [-0.2, -0.15) is 0 Å². The third kappa shape index (κ3) is 234. The van der Waals surface area contributed by atoms with E-state index in [1.807, 2.05) is 13.8 Å². The van der Waals surface area contributed by atoms with Gasteiger partial charge in [0.2, 0.25) is 6.54 Å². The minimum atomic E-state index is -5.17. The van der Waals surface area contributed by atoms with Crippen LogP contribution in [0, 0.1) is 6.57 Å². The quantitative estimate of drug-likeness (QED) is 0.153. The maximum atomic E-state index is 8.52. The van der Waals surface area contributed by atoms with Crippen LogP contribution in [0.2, 0.25) is 0 Å². The smallest absolute Gasteiger partial charge is 0.759 e. The first-order chi connectivity index (χ1) is 9.62. The Morgan fingerprint density at radius 2 is 0.960 bits per heavy atom. The summed E-state index contributed by atoms with van der Waals surface area (Å²) in [5.74, 6) is 0. The van der Waals surface area contributed by atoms with E-state index >= 15 is 0 Å². The summed E-state index contributed by atoms with van der Waals surface area (Å²) < 4.78 is 107. The minimum Gasteiger partial charge on any atom is -0.759 e. The molecule has 0 saturated heterocycles. The molecular weight excluding hydrogens is 517 g/mol. The average molecular weight is 528 g/mol. The standard InChI is InChI=1S/C6H11NO.2Cu.3H2O4S/c1-6(2,8-4)5-7-3;;;3*1-5(2,3)4/h5H2,1-2,4H3;;;3*(H2,1,2,3,4)/q;2*+3;;;/p-6. The summed E-state index contributed by atoms with van der Waals surface area (Å²) in [4.78, 5) is 3.20. The number of methoxy groups -OCH3 is 1. The van der Waals surface area contributed by atoms with E-state index in [4.69, 9.17) is 63.9 Å². The molecule has 14 nitrogen and oxygen atoms in total. The van der Waals surface area contributed by atoms with Gasteiger partial charge in [-0.05, 0) is 13.8 Å². The molecule has 0 fully saturated rings. The third-order valence-corrected chi connectivity index (χ3v) is 1.01. The SMILES string of the molecule is O=S(=O)([O-])[O-].O=S(=O)([O-])[O-].O=S(=O)([O-])[O-].[C-]#[N+]CC(C)(C)OC.[Cu+3].[Cu+3]. The fourth-order valence-electron chi connectivity index (χ4n) is 0.255. The van der Waals surface area contributed by atoms with Crippen molar-refractivity contribution >= 4 is 31.2 Å². The van der Waals surface area contributed by atoms with E-state index in [1.54, 1.807) is 7.11 Å². The molecule has 19 heteroatoms. The molecule has 0 aliphatic heterocycles. The molecule has 25 heavy (non-hydrogen) atoms. The second kappa shape index (κ2) is 17.5. The minimum absolute atomic E-state index is 0. The molecule has 0 aliphatic carbocycles. The molecule has 0 radical (unpaired) electrons. The van der Waals surface area contributed by atoms with E-state index in [0.29, 0.717) is 6.54 Å². The molecule has 0 atom stereocenters. The predicted octanol–water partition coefficient (Wildman–Crippen LogP) is -2.69. The zero-order valence-electron chi connectivity index (χ0n) is 12.3. The van der Waals surface area contributed by atoms with Crippen LogP contribution < -0.4 is 0 Å². The van der Waals surface area contributed by atoms with Gasteiger partial charge in [-0.1, -0.05) is 0 Å². The van der Waals surface area contributed by atoms with E-state index in [9.17, 15) is 0 Å². The van der Waals surface area contributed by atoms with Crippen LogP contribution in [0.3, 0.4) is 0 Å². The maximum Gasteiger partial charge on any atom is 3.00 e. The van der Waals surface area contributed by atoms with E-state index in [1.165, 1.54) is 0 Å². The monoisotopic (exact) mass is 527 g/mol. The van der Waals surface area contributed by atoms with Gasteiger partial charge in [0.05, 0.1) is 0 Å². The maximum absolute atomic E-state index is 8.52. The number of nitrogens with zero attached hydrogens (tertiary/aromatic N) is 1. The molecule has 0 bridgehead atoms. The second-order valence-electron chi connectivity index (χ2n) is 3.50. The third-order valence-electron chi connectivity index (χ3n) is 1.01. The first-order valence-electron chi connectivity index (χ1n) is 4.51. The molecule has 0 N–H and O–H groups in total. The van der Waals surface area contributed by atoms with Gasteiger partial charge in [0.25, 0.3) is 0 Å². The Hall–Kier alpha value is 0.0990. The molecule has 0 aromatic carbocycles. The van der Waals surface area contributed by atoms with Crippen LogP contribution in [-0.2, 0) is 70.1 Å². The molecule has 0 aromatic heterocycles. The normalized spacial score (nSPS) is 10.4. The van der Waals surface area contributed by atoms with Crippen LogP contribution in [0.1, 0.15) is 13.8 Å². The van der Waals surface area contributed by atoms with Crippen LogP contribution in [0.4, 0.5) is 0 Å². The molecule has 0 spiro atoms. The summed E-state index contributed by atoms with van der Waals surface area (Å²) in [5, 5.41) is 0. The Morgan fingerprint density at radius 1 is 0.800 bits per heavy atom. The molecule has 0 rings (SSSR count). The Labute approximate surface area is 166 Å². The summed E-state index contributed by atoms with van der Waals surface area (Å²) in [6, 6.07) is 0. The van der Waals surface area contributed by atoms with Crippen molar-refractivity contribution in [2.75, 3.05) is 13.7 Å². The molecule has 0 heterocycles. The summed E-state index contributed by atoms with van der Waals surface area (Å²) in [7, 11) is -13.9. The molecule has 0 aromatic rings. The van der Waals surface area contributed by atoms with Gasteiger partial charge in [-0.3, -0.25) is 25.3 Å². The van der Waals surface area contributed by atoms with Crippen LogP contribution >= 0.6 is 0 Å². The van der Waals surface area contributed by atoms with Crippen molar-refractivity contribution in [3.63, 3.8) is 0 Å². The largest absolute Gasteiger partial charge is 3.00 e. The Morgan fingerprint density at radius 3 is 1.00 bits per heavy atom. The van der Waals surface area contributed by atoms with Crippen molar-refractivity contribution < 1.29 is 91.4 Å². The summed E-state index contributed by atoms with van der Waals surface area (Å²) in [6.07, 6.45) is 0. The van der Waals surface area contributed by atoms with Crippen molar-refractivity contribution in [2.45, 2.75) is 19.4 Å². The molecule has 0 unspecified atom stereocenters. The summed E-state index contributed by atoms with van der Waals surface area (Å²) in [5.41, 5.74) is -0.262. The van der Waals surface area contributed by atoms with Crippen LogP contribution in [-0.4, -0.2) is 71.8 Å². The van der Waals surface area contributed by atoms with E-state index < -0.39 is 31.2 Å². The Balaban J connectivity index is -0.0000000481. The van der Waals surface area contributed by atoms with Gasteiger partial charge >= 0.3 is 34.1 Å². The van der Waals surface area contributed by atoms with Crippen LogP contribution in [0.25, 0.3) is 4.85 Å². The molecule has 0 aliphatic rings. The second-order valence-corrected chi connectivity index (χ2v) is 5.95. The first-order valence-corrected chi connectivity index (χ1v) is 8.51. The van der Waals surface area contributed by atoms with E-state index in [2.05, 4.69) is 4.85 Å². The van der Waals surface area contributed by atoms with Crippen molar-refractivity contribution in [1.82, 2.24) is 0 Å². The zero-order valence-corrected chi connectivity index (χ0v) is 16.6. The molecular formula is C6H11Cu2NO13S3. The molecule has 0 amide bonds. The summed E-state index contributed by atoms with van der Waals surface area (Å²) in [6.45, 7) is 10.7. The first kappa shape index (κ1) is 40.0. The van der Waals surface area contributed by atoms with Gasteiger partial charge in [-0.15, -0.1) is 0 Å². The number of rotatable bonds is 2. The van der Waals surface area contributed by atoms with Crippen molar-refractivity contribution in [1.29, 1.82) is 0 Å². The summed E-state index contributed by atoms with van der Waals surface area (Å²) >= 11 is 0. The molecule has 158 valence electrons. The predicted molar refractivity (Wildman–Crippen MR) is 64.0 cm³/mol. The average Bonchev–Trinajstić information content (AvgIpc) is 2.09. The van der Waals surface area contributed by atoms with Gasteiger partial charge in [-0.25, -0.2) is 6.57 Å². The number of ether oxygens (including phenoxy) is 1. The number of hydrogen-bond donors (Lipinski definition) is 0. The van der Waals surface area contributed by atoms with Crippen LogP contribution in [0.15, 0.2) is 0 Å². The van der Waals surface area contributed by atoms with Crippen molar-refractivity contribution in [3.8, 4) is 0 Å². The van der Waals surface area contributed by atoms with Crippen LogP contribution in [0.5, 0.6) is 0 Å². The van der Waals surface area contributed by atoms with Gasteiger partial charge in [0, 0.05) is 38.3 Å². The zero-order chi connectivity index (χ0) is 20.1. The van der Waals surface area contributed by atoms with Crippen molar-refractivity contribution in [2.24, 2.45) is 0 Å². The fraction of sp³-hybridized carbons (Fsp3) is 0.833.